The molecule has 0 spiro atoms. The molecule has 0 unspecified atom stereocenters. The molecule has 1 heterocycles. The SMILES string of the molecule is CCCCc1oc2ccc(C)cc2c1C. The number of hydrogen-bond donors (Lipinski definition) is 0. The van der Waals surface area contributed by atoms with Gasteiger partial charge in [0.05, 0.1) is 0 Å². The van der Waals surface area contributed by atoms with E-state index in [1.807, 2.05) is 0 Å². The minimum absolute atomic E-state index is 1.03. The van der Waals surface area contributed by atoms with Gasteiger partial charge in [-0.25, -0.2) is 0 Å². The molecule has 80 valence electrons. The fraction of sp³-hybridized carbons (Fsp3) is 0.429. The molecule has 1 nitrogen and oxygen atoms in total. The maximum atomic E-state index is 5.86. The summed E-state index contributed by atoms with van der Waals surface area (Å²) in [6.07, 6.45) is 3.49. The monoisotopic (exact) mass is 202 g/mol. The van der Waals surface area contributed by atoms with Crippen molar-refractivity contribution in [2.45, 2.75) is 40.0 Å². The van der Waals surface area contributed by atoms with Crippen LogP contribution in [0, 0.1) is 13.8 Å². The first-order chi connectivity index (χ1) is 7.22. The lowest BCUT2D eigenvalue weighted by atomic mass is 10.1. The first-order valence-corrected chi connectivity index (χ1v) is 5.71. The minimum Gasteiger partial charge on any atom is -0.461 e. The zero-order valence-corrected chi connectivity index (χ0v) is 9.76. The predicted molar refractivity (Wildman–Crippen MR) is 64.3 cm³/mol. The Hall–Kier alpha value is -1.24. The van der Waals surface area contributed by atoms with E-state index in [0.717, 1.165) is 17.8 Å². The number of aryl methyl sites for hydroxylation is 3. The summed E-state index contributed by atoms with van der Waals surface area (Å²) in [6, 6.07) is 6.39. The second kappa shape index (κ2) is 4.09. The summed E-state index contributed by atoms with van der Waals surface area (Å²) in [5, 5.41) is 1.28. The summed E-state index contributed by atoms with van der Waals surface area (Å²) in [6.45, 7) is 6.50. The second-order valence-corrected chi connectivity index (χ2v) is 4.25. The van der Waals surface area contributed by atoms with Gasteiger partial charge in [0.25, 0.3) is 0 Å². The van der Waals surface area contributed by atoms with Crippen LogP contribution in [-0.4, -0.2) is 0 Å². The number of rotatable bonds is 3. The van der Waals surface area contributed by atoms with E-state index < -0.39 is 0 Å². The topological polar surface area (TPSA) is 13.1 Å². The molecule has 0 saturated carbocycles. The summed E-state index contributed by atoms with van der Waals surface area (Å²) in [4.78, 5) is 0. The lowest BCUT2D eigenvalue weighted by molar-refractivity contribution is 0.533. The minimum atomic E-state index is 1.03. The zero-order chi connectivity index (χ0) is 10.8. The Morgan fingerprint density at radius 3 is 2.73 bits per heavy atom. The summed E-state index contributed by atoms with van der Waals surface area (Å²) in [5.41, 5.74) is 3.65. The van der Waals surface area contributed by atoms with Gasteiger partial charge >= 0.3 is 0 Å². The highest BCUT2D eigenvalue weighted by Crippen LogP contribution is 2.27. The molecule has 1 aromatic heterocycles. The van der Waals surface area contributed by atoms with E-state index in [1.54, 1.807) is 0 Å². The molecule has 0 amide bonds. The van der Waals surface area contributed by atoms with Gasteiger partial charge < -0.3 is 4.42 Å². The molecule has 0 aliphatic carbocycles. The van der Waals surface area contributed by atoms with E-state index in [9.17, 15) is 0 Å². The number of hydrogen-bond acceptors (Lipinski definition) is 1. The molecule has 1 heteroatoms. The van der Waals surface area contributed by atoms with Crippen molar-refractivity contribution in [2.24, 2.45) is 0 Å². The smallest absolute Gasteiger partial charge is 0.134 e. The molecule has 0 saturated heterocycles. The van der Waals surface area contributed by atoms with Crippen molar-refractivity contribution >= 4 is 11.0 Å². The Bertz CT molecular complexity index is 465. The third kappa shape index (κ3) is 1.92. The van der Waals surface area contributed by atoms with E-state index in [-0.39, 0.29) is 0 Å². The second-order valence-electron chi connectivity index (χ2n) is 4.25. The quantitative estimate of drug-likeness (QED) is 0.719. The third-order valence-corrected chi connectivity index (χ3v) is 2.95. The normalized spacial score (nSPS) is 11.1. The zero-order valence-electron chi connectivity index (χ0n) is 9.76. The Labute approximate surface area is 91.1 Å². The molecule has 15 heavy (non-hydrogen) atoms. The van der Waals surface area contributed by atoms with Crippen molar-refractivity contribution in [3.05, 3.63) is 35.1 Å². The average molecular weight is 202 g/mol. The molecule has 0 bridgehead atoms. The van der Waals surface area contributed by atoms with Crippen LogP contribution in [0.3, 0.4) is 0 Å². The summed E-state index contributed by atoms with van der Waals surface area (Å²) < 4.78 is 5.86. The summed E-state index contributed by atoms with van der Waals surface area (Å²) in [5.74, 6) is 1.16. The molecule has 0 fully saturated rings. The van der Waals surface area contributed by atoms with Crippen molar-refractivity contribution in [3.63, 3.8) is 0 Å². The van der Waals surface area contributed by atoms with Gasteiger partial charge in [-0.15, -0.1) is 0 Å². The molecular weight excluding hydrogens is 184 g/mol. The van der Waals surface area contributed by atoms with Crippen molar-refractivity contribution in [1.29, 1.82) is 0 Å². The highest BCUT2D eigenvalue weighted by molar-refractivity contribution is 5.82. The first kappa shape index (κ1) is 10.3. The summed E-state index contributed by atoms with van der Waals surface area (Å²) >= 11 is 0. The van der Waals surface area contributed by atoms with E-state index in [1.165, 1.54) is 29.4 Å². The Balaban J connectivity index is 2.45. The number of benzene rings is 1. The third-order valence-electron chi connectivity index (χ3n) is 2.95. The van der Waals surface area contributed by atoms with Gasteiger partial charge in [-0.2, -0.15) is 0 Å². The molecule has 0 atom stereocenters. The van der Waals surface area contributed by atoms with Crippen molar-refractivity contribution < 1.29 is 4.42 Å². The average Bonchev–Trinajstić information content (AvgIpc) is 2.53. The van der Waals surface area contributed by atoms with Gasteiger partial charge in [-0.05, 0) is 38.0 Å². The van der Waals surface area contributed by atoms with Gasteiger partial charge in [0.15, 0.2) is 0 Å². The van der Waals surface area contributed by atoms with E-state index in [4.69, 9.17) is 4.42 Å². The van der Waals surface area contributed by atoms with E-state index in [0.29, 0.717) is 0 Å². The van der Waals surface area contributed by atoms with Crippen LogP contribution in [0.2, 0.25) is 0 Å². The predicted octanol–water partition coefficient (Wildman–Crippen LogP) is 4.39. The maximum Gasteiger partial charge on any atom is 0.134 e. The first-order valence-electron chi connectivity index (χ1n) is 5.71. The number of fused-ring (bicyclic) bond motifs is 1. The summed E-state index contributed by atoms with van der Waals surface area (Å²) in [7, 11) is 0. The van der Waals surface area contributed by atoms with Crippen LogP contribution in [0.25, 0.3) is 11.0 Å². The molecular formula is C14H18O. The van der Waals surface area contributed by atoms with Gasteiger partial charge in [0, 0.05) is 11.8 Å². The number of unbranched alkanes of at least 4 members (excludes halogenated alkanes) is 1. The lowest BCUT2D eigenvalue weighted by Gasteiger charge is -1.95. The van der Waals surface area contributed by atoms with Crippen molar-refractivity contribution in [3.8, 4) is 0 Å². The molecule has 2 rings (SSSR count). The van der Waals surface area contributed by atoms with Crippen molar-refractivity contribution in [2.75, 3.05) is 0 Å². The highest BCUT2D eigenvalue weighted by Gasteiger charge is 2.09. The fourth-order valence-corrected chi connectivity index (χ4v) is 1.96. The molecule has 0 aliphatic heterocycles. The van der Waals surface area contributed by atoms with Crippen molar-refractivity contribution in [1.82, 2.24) is 0 Å². The van der Waals surface area contributed by atoms with E-state index in [2.05, 4.69) is 39.0 Å². The lowest BCUT2D eigenvalue weighted by Crippen LogP contribution is -1.83. The van der Waals surface area contributed by atoms with Crippen LogP contribution in [0.5, 0.6) is 0 Å². The Morgan fingerprint density at radius 2 is 2.00 bits per heavy atom. The molecule has 0 N–H and O–H groups in total. The van der Waals surface area contributed by atoms with Crippen LogP contribution in [-0.2, 0) is 6.42 Å². The Morgan fingerprint density at radius 1 is 1.20 bits per heavy atom. The Kier molecular flexibility index (Phi) is 2.81. The van der Waals surface area contributed by atoms with Crippen LogP contribution in [0.15, 0.2) is 22.6 Å². The largest absolute Gasteiger partial charge is 0.461 e. The van der Waals surface area contributed by atoms with Gasteiger partial charge in [-0.3, -0.25) is 0 Å². The molecule has 1 aromatic carbocycles. The van der Waals surface area contributed by atoms with Crippen LogP contribution < -0.4 is 0 Å². The molecule has 0 radical (unpaired) electrons. The van der Waals surface area contributed by atoms with Crippen LogP contribution >= 0.6 is 0 Å². The van der Waals surface area contributed by atoms with Crippen LogP contribution in [0.4, 0.5) is 0 Å². The standard InChI is InChI=1S/C14H18O/c1-4-5-6-13-11(3)12-9-10(2)7-8-14(12)15-13/h7-9H,4-6H2,1-3H3. The fourth-order valence-electron chi connectivity index (χ4n) is 1.96. The molecule has 0 aliphatic rings. The molecule has 2 aromatic rings. The van der Waals surface area contributed by atoms with E-state index >= 15 is 0 Å². The maximum absolute atomic E-state index is 5.86. The highest BCUT2D eigenvalue weighted by atomic mass is 16.3. The van der Waals surface area contributed by atoms with Gasteiger partial charge in [0.2, 0.25) is 0 Å². The van der Waals surface area contributed by atoms with Crippen LogP contribution in [0.1, 0.15) is 36.7 Å². The van der Waals surface area contributed by atoms with Gasteiger partial charge in [-0.1, -0.05) is 25.0 Å². The number of furan rings is 1. The van der Waals surface area contributed by atoms with Gasteiger partial charge in [0.1, 0.15) is 11.3 Å².